The predicted molar refractivity (Wildman–Crippen MR) is 92.9 cm³/mol. The normalized spacial score (nSPS) is 10.2. The Labute approximate surface area is 149 Å². The summed E-state index contributed by atoms with van der Waals surface area (Å²) in [7, 11) is 1.54. The number of amides is 2. The van der Waals surface area contributed by atoms with Crippen LogP contribution in [-0.4, -0.2) is 28.9 Å². The number of hydrogen-bond acceptors (Lipinski definition) is 6. The minimum atomic E-state index is -0.473. The fourth-order valence-electron chi connectivity index (χ4n) is 2.18. The average molecular weight is 352 g/mol. The smallest absolute Gasteiger partial charge is 0.274 e. The minimum absolute atomic E-state index is 0.0147. The van der Waals surface area contributed by atoms with Crippen LogP contribution in [0.25, 0.3) is 0 Å². The highest BCUT2D eigenvalue weighted by atomic mass is 16.5. The topological polar surface area (TPSA) is 106 Å². The van der Waals surface area contributed by atoms with E-state index in [2.05, 4.69) is 20.6 Å². The number of nitrogens with zero attached hydrogens (tertiary/aromatic N) is 2. The van der Waals surface area contributed by atoms with Crippen LogP contribution in [0.4, 0.5) is 5.82 Å². The van der Waals surface area contributed by atoms with Crippen molar-refractivity contribution in [1.29, 1.82) is 0 Å². The Morgan fingerprint density at radius 1 is 1.08 bits per heavy atom. The van der Waals surface area contributed by atoms with E-state index in [1.807, 2.05) is 0 Å². The van der Waals surface area contributed by atoms with Crippen molar-refractivity contribution < 1.29 is 18.7 Å². The number of methoxy groups -OCH3 is 1. The van der Waals surface area contributed by atoms with Crippen molar-refractivity contribution in [3.8, 4) is 5.75 Å². The van der Waals surface area contributed by atoms with Crippen LogP contribution in [0.2, 0.25) is 0 Å². The van der Waals surface area contributed by atoms with Crippen LogP contribution < -0.4 is 15.4 Å². The van der Waals surface area contributed by atoms with Gasteiger partial charge in [0.15, 0.2) is 11.5 Å². The molecule has 0 saturated carbocycles. The molecule has 132 valence electrons. The third kappa shape index (κ3) is 4.04. The van der Waals surface area contributed by atoms with Crippen LogP contribution in [0.1, 0.15) is 26.6 Å². The monoisotopic (exact) mass is 352 g/mol. The molecule has 3 aromatic rings. The lowest BCUT2D eigenvalue weighted by molar-refractivity contribution is 0.0943. The van der Waals surface area contributed by atoms with E-state index in [0.717, 1.165) is 0 Å². The van der Waals surface area contributed by atoms with Crippen molar-refractivity contribution in [3.05, 3.63) is 72.1 Å². The maximum absolute atomic E-state index is 12.4. The average Bonchev–Trinajstić information content (AvgIpc) is 3.20. The van der Waals surface area contributed by atoms with E-state index in [9.17, 15) is 9.59 Å². The molecule has 0 aliphatic heterocycles. The summed E-state index contributed by atoms with van der Waals surface area (Å²) in [5.41, 5.74) is 0.416. The molecule has 0 aliphatic rings. The van der Waals surface area contributed by atoms with Gasteiger partial charge in [0, 0.05) is 18.0 Å². The third-order valence-electron chi connectivity index (χ3n) is 3.50. The standard InChI is InChI=1S/C18H16N4O4/c1-25-13-6-4-12(5-7-13)17(23)22-16-15(19-8-9-20-16)18(24)21-11-14-3-2-10-26-14/h2-10H,11H2,1H3,(H,21,24)(H,20,22,23). The Hall–Kier alpha value is -3.68. The molecule has 0 bridgehead atoms. The highest BCUT2D eigenvalue weighted by Crippen LogP contribution is 2.14. The highest BCUT2D eigenvalue weighted by Gasteiger charge is 2.17. The first kappa shape index (κ1) is 17.2. The van der Waals surface area contributed by atoms with Crippen molar-refractivity contribution in [2.45, 2.75) is 6.54 Å². The van der Waals surface area contributed by atoms with E-state index in [-0.39, 0.29) is 18.1 Å². The molecule has 2 heterocycles. The quantitative estimate of drug-likeness (QED) is 0.705. The first-order valence-corrected chi connectivity index (χ1v) is 7.74. The van der Waals surface area contributed by atoms with Crippen molar-refractivity contribution in [2.24, 2.45) is 0 Å². The van der Waals surface area contributed by atoms with Crippen molar-refractivity contribution in [2.75, 3.05) is 12.4 Å². The molecule has 0 spiro atoms. The zero-order chi connectivity index (χ0) is 18.4. The molecule has 8 nitrogen and oxygen atoms in total. The first-order valence-electron chi connectivity index (χ1n) is 7.74. The second kappa shape index (κ2) is 7.93. The third-order valence-corrected chi connectivity index (χ3v) is 3.50. The van der Waals surface area contributed by atoms with E-state index < -0.39 is 11.8 Å². The molecule has 0 saturated heterocycles. The molecular formula is C18H16N4O4. The van der Waals surface area contributed by atoms with Gasteiger partial charge in [-0.3, -0.25) is 9.59 Å². The number of anilines is 1. The van der Waals surface area contributed by atoms with Gasteiger partial charge in [-0.2, -0.15) is 0 Å². The number of ether oxygens (including phenoxy) is 1. The number of benzene rings is 1. The fraction of sp³-hybridized carbons (Fsp3) is 0.111. The number of nitrogens with one attached hydrogen (secondary N) is 2. The van der Waals surface area contributed by atoms with Crippen LogP contribution in [0, 0.1) is 0 Å². The molecule has 2 aromatic heterocycles. The lowest BCUT2D eigenvalue weighted by Crippen LogP contribution is -2.26. The predicted octanol–water partition coefficient (Wildman–Crippen LogP) is 2.26. The maximum atomic E-state index is 12.4. The summed E-state index contributed by atoms with van der Waals surface area (Å²) < 4.78 is 10.2. The molecule has 0 fully saturated rings. The van der Waals surface area contributed by atoms with E-state index in [1.54, 1.807) is 43.5 Å². The van der Waals surface area contributed by atoms with Crippen LogP contribution in [0.5, 0.6) is 5.75 Å². The SMILES string of the molecule is COc1ccc(C(=O)Nc2nccnc2C(=O)NCc2ccco2)cc1. The lowest BCUT2D eigenvalue weighted by Gasteiger charge is -2.09. The Kier molecular flexibility index (Phi) is 5.23. The number of carbonyl (C=O) groups excluding carboxylic acids is 2. The molecule has 1 aromatic carbocycles. The number of furan rings is 1. The molecule has 0 unspecified atom stereocenters. The summed E-state index contributed by atoms with van der Waals surface area (Å²) in [5, 5.41) is 5.27. The van der Waals surface area contributed by atoms with Gasteiger partial charge in [0.25, 0.3) is 11.8 Å². The Morgan fingerprint density at radius 3 is 2.54 bits per heavy atom. The second-order valence-electron chi connectivity index (χ2n) is 5.20. The van der Waals surface area contributed by atoms with Crippen LogP contribution in [-0.2, 0) is 6.54 Å². The number of hydrogen-bond donors (Lipinski definition) is 2. The molecule has 0 atom stereocenters. The number of rotatable bonds is 6. The summed E-state index contributed by atoms with van der Waals surface area (Å²) in [4.78, 5) is 32.8. The fourth-order valence-corrected chi connectivity index (χ4v) is 2.18. The molecule has 26 heavy (non-hydrogen) atoms. The Bertz CT molecular complexity index is 892. The van der Waals surface area contributed by atoms with Gasteiger partial charge in [-0.1, -0.05) is 0 Å². The number of carbonyl (C=O) groups is 2. The van der Waals surface area contributed by atoms with Gasteiger partial charge < -0.3 is 19.8 Å². The number of aromatic nitrogens is 2. The highest BCUT2D eigenvalue weighted by molar-refractivity contribution is 6.07. The van der Waals surface area contributed by atoms with E-state index in [0.29, 0.717) is 17.1 Å². The van der Waals surface area contributed by atoms with Gasteiger partial charge in [-0.15, -0.1) is 0 Å². The van der Waals surface area contributed by atoms with Gasteiger partial charge in [0.2, 0.25) is 0 Å². The summed E-state index contributed by atoms with van der Waals surface area (Å²) in [6, 6.07) is 10.0. The van der Waals surface area contributed by atoms with Crippen LogP contribution in [0.3, 0.4) is 0 Å². The Morgan fingerprint density at radius 2 is 1.85 bits per heavy atom. The van der Waals surface area contributed by atoms with E-state index in [1.165, 1.54) is 18.7 Å². The summed E-state index contributed by atoms with van der Waals surface area (Å²) >= 11 is 0. The van der Waals surface area contributed by atoms with Gasteiger partial charge in [-0.05, 0) is 36.4 Å². The van der Waals surface area contributed by atoms with Gasteiger partial charge >= 0.3 is 0 Å². The second-order valence-corrected chi connectivity index (χ2v) is 5.20. The first-order chi connectivity index (χ1) is 12.7. The van der Waals surface area contributed by atoms with E-state index >= 15 is 0 Å². The largest absolute Gasteiger partial charge is 0.497 e. The molecule has 2 amide bonds. The minimum Gasteiger partial charge on any atom is -0.497 e. The molecule has 2 N–H and O–H groups in total. The summed E-state index contributed by atoms with van der Waals surface area (Å²) in [6.07, 6.45) is 4.29. The Balaban J connectivity index is 1.71. The molecule has 3 rings (SSSR count). The zero-order valence-electron chi connectivity index (χ0n) is 13.9. The van der Waals surface area contributed by atoms with Gasteiger partial charge in [0.1, 0.15) is 11.5 Å². The van der Waals surface area contributed by atoms with Crippen molar-refractivity contribution in [1.82, 2.24) is 15.3 Å². The van der Waals surface area contributed by atoms with E-state index in [4.69, 9.17) is 9.15 Å². The van der Waals surface area contributed by atoms with Crippen molar-refractivity contribution >= 4 is 17.6 Å². The summed E-state index contributed by atoms with van der Waals surface area (Å²) in [6.45, 7) is 0.203. The van der Waals surface area contributed by atoms with Crippen molar-refractivity contribution in [3.63, 3.8) is 0 Å². The summed E-state index contributed by atoms with van der Waals surface area (Å²) in [5.74, 6) is 0.433. The molecule has 8 heteroatoms. The lowest BCUT2D eigenvalue weighted by atomic mass is 10.2. The molecule has 0 aliphatic carbocycles. The molecule has 0 radical (unpaired) electrons. The van der Waals surface area contributed by atoms with Crippen LogP contribution in [0.15, 0.2) is 59.5 Å². The maximum Gasteiger partial charge on any atom is 0.274 e. The van der Waals surface area contributed by atoms with Gasteiger partial charge in [-0.25, -0.2) is 9.97 Å². The molecular weight excluding hydrogens is 336 g/mol. The van der Waals surface area contributed by atoms with Crippen LogP contribution >= 0.6 is 0 Å². The zero-order valence-corrected chi connectivity index (χ0v) is 13.9. The van der Waals surface area contributed by atoms with Gasteiger partial charge in [0.05, 0.1) is 19.9 Å².